The van der Waals surface area contributed by atoms with Crippen LogP contribution in [0.15, 0.2) is 60.7 Å². The molecule has 2 rings (SSSR count). The Balaban J connectivity index is 2.10. The molecule has 1 N–H and O–H groups in total. The summed E-state index contributed by atoms with van der Waals surface area (Å²) in [5, 5.41) is 12.3. The van der Waals surface area contributed by atoms with Gasteiger partial charge in [-0.25, -0.2) is 0 Å². The van der Waals surface area contributed by atoms with Crippen LogP contribution < -0.4 is 5.32 Å². The van der Waals surface area contributed by atoms with Crippen LogP contribution in [0, 0.1) is 17.2 Å². The predicted molar refractivity (Wildman–Crippen MR) is 104 cm³/mol. The zero-order valence-corrected chi connectivity index (χ0v) is 15.8. The molecular weight excluding hydrogens is 322 g/mol. The number of hydrogen-bond acceptors (Lipinski definition) is 3. The normalized spacial score (nSPS) is 13.2. The van der Waals surface area contributed by atoms with E-state index in [1.165, 1.54) is 0 Å². The molecule has 4 heteroatoms. The van der Waals surface area contributed by atoms with Gasteiger partial charge in [0.15, 0.2) is 0 Å². The molecule has 1 atom stereocenters. The number of nitriles is 1. The van der Waals surface area contributed by atoms with Gasteiger partial charge in [-0.3, -0.25) is 9.69 Å². The van der Waals surface area contributed by atoms with Gasteiger partial charge in [-0.15, -0.1) is 0 Å². The summed E-state index contributed by atoms with van der Waals surface area (Å²) >= 11 is 0. The predicted octanol–water partition coefficient (Wildman–Crippen LogP) is 3.74. The Labute approximate surface area is 156 Å². The molecule has 0 aromatic heterocycles. The van der Waals surface area contributed by atoms with Crippen LogP contribution in [0.5, 0.6) is 0 Å². The van der Waals surface area contributed by atoms with Crippen LogP contribution in [0.25, 0.3) is 0 Å². The SMILES string of the molecule is CC(C)C(C)(C#N)NC(=O)CN(Cc1ccccc1)Cc1ccccc1. The Bertz CT molecular complexity index is 695. The highest BCUT2D eigenvalue weighted by atomic mass is 16.2. The van der Waals surface area contributed by atoms with E-state index in [4.69, 9.17) is 0 Å². The highest BCUT2D eigenvalue weighted by Gasteiger charge is 2.30. The summed E-state index contributed by atoms with van der Waals surface area (Å²) in [7, 11) is 0. The first-order valence-corrected chi connectivity index (χ1v) is 8.95. The number of carbonyl (C=O) groups excluding carboxylic acids is 1. The molecule has 26 heavy (non-hydrogen) atoms. The molecule has 0 aliphatic heterocycles. The quantitative estimate of drug-likeness (QED) is 0.790. The maximum atomic E-state index is 12.6. The lowest BCUT2D eigenvalue weighted by Crippen LogP contribution is -2.51. The number of hydrogen-bond donors (Lipinski definition) is 1. The van der Waals surface area contributed by atoms with Crippen molar-refractivity contribution in [3.63, 3.8) is 0 Å². The van der Waals surface area contributed by atoms with E-state index in [2.05, 4.69) is 40.6 Å². The number of amides is 1. The van der Waals surface area contributed by atoms with Crippen LogP contribution in [0.2, 0.25) is 0 Å². The third kappa shape index (κ3) is 5.72. The summed E-state index contributed by atoms with van der Waals surface area (Å²) in [6.07, 6.45) is 0. The smallest absolute Gasteiger partial charge is 0.235 e. The van der Waals surface area contributed by atoms with Gasteiger partial charge in [0.1, 0.15) is 5.54 Å². The third-order valence-corrected chi connectivity index (χ3v) is 4.65. The van der Waals surface area contributed by atoms with E-state index < -0.39 is 5.54 Å². The van der Waals surface area contributed by atoms with Crippen molar-refractivity contribution in [3.8, 4) is 6.07 Å². The summed E-state index contributed by atoms with van der Waals surface area (Å²) in [4.78, 5) is 14.7. The molecular formula is C22H27N3O. The maximum absolute atomic E-state index is 12.6. The Morgan fingerprint density at radius 3 is 1.88 bits per heavy atom. The molecule has 2 aromatic carbocycles. The zero-order valence-electron chi connectivity index (χ0n) is 15.8. The van der Waals surface area contributed by atoms with Crippen LogP contribution in [0.3, 0.4) is 0 Å². The number of rotatable bonds is 8. The Morgan fingerprint density at radius 1 is 1.04 bits per heavy atom. The fourth-order valence-corrected chi connectivity index (χ4v) is 2.68. The van der Waals surface area contributed by atoms with Gasteiger partial charge in [0.2, 0.25) is 5.91 Å². The van der Waals surface area contributed by atoms with Crippen molar-refractivity contribution < 1.29 is 4.79 Å². The highest BCUT2D eigenvalue weighted by Crippen LogP contribution is 2.16. The monoisotopic (exact) mass is 349 g/mol. The van der Waals surface area contributed by atoms with Crippen LogP contribution in [-0.2, 0) is 17.9 Å². The van der Waals surface area contributed by atoms with Gasteiger partial charge in [-0.1, -0.05) is 74.5 Å². The van der Waals surface area contributed by atoms with Gasteiger partial charge >= 0.3 is 0 Å². The summed E-state index contributed by atoms with van der Waals surface area (Å²) in [5.41, 5.74) is 1.45. The molecule has 1 amide bonds. The van der Waals surface area contributed by atoms with Crippen LogP contribution in [0.4, 0.5) is 0 Å². The van der Waals surface area contributed by atoms with Crippen molar-refractivity contribution in [2.75, 3.05) is 6.54 Å². The van der Waals surface area contributed by atoms with Crippen molar-refractivity contribution in [1.82, 2.24) is 10.2 Å². The first-order valence-electron chi connectivity index (χ1n) is 8.95. The molecule has 0 fully saturated rings. The summed E-state index contributed by atoms with van der Waals surface area (Å²) in [5.74, 6) is -0.0947. The molecule has 0 aliphatic carbocycles. The van der Waals surface area contributed by atoms with E-state index in [1.54, 1.807) is 6.92 Å². The zero-order chi connectivity index (χ0) is 19.0. The Morgan fingerprint density at radius 2 is 1.50 bits per heavy atom. The first kappa shape index (κ1) is 19.7. The molecule has 136 valence electrons. The molecule has 0 aliphatic rings. The average Bonchev–Trinajstić information content (AvgIpc) is 2.63. The van der Waals surface area contributed by atoms with Gasteiger partial charge in [0, 0.05) is 13.1 Å². The Kier molecular flexibility index (Phi) is 6.94. The van der Waals surface area contributed by atoms with E-state index in [-0.39, 0.29) is 18.4 Å². The van der Waals surface area contributed by atoms with E-state index in [0.29, 0.717) is 13.1 Å². The van der Waals surface area contributed by atoms with Gasteiger partial charge in [0.25, 0.3) is 0 Å². The van der Waals surface area contributed by atoms with Crippen molar-refractivity contribution in [2.24, 2.45) is 5.92 Å². The fraction of sp³-hybridized carbons (Fsp3) is 0.364. The topological polar surface area (TPSA) is 56.1 Å². The van der Waals surface area contributed by atoms with Crippen molar-refractivity contribution in [1.29, 1.82) is 5.26 Å². The molecule has 0 saturated carbocycles. The van der Waals surface area contributed by atoms with E-state index >= 15 is 0 Å². The first-order chi connectivity index (χ1) is 12.4. The minimum atomic E-state index is -0.859. The molecule has 2 aromatic rings. The van der Waals surface area contributed by atoms with Crippen molar-refractivity contribution in [2.45, 2.75) is 39.4 Å². The lowest BCUT2D eigenvalue weighted by molar-refractivity contribution is -0.124. The minimum absolute atomic E-state index is 0.0353. The second kappa shape index (κ2) is 9.17. The largest absolute Gasteiger partial charge is 0.337 e. The fourth-order valence-electron chi connectivity index (χ4n) is 2.68. The van der Waals surface area contributed by atoms with Gasteiger partial charge in [0.05, 0.1) is 12.6 Å². The summed E-state index contributed by atoms with van der Waals surface area (Å²) in [6.45, 7) is 7.24. The number of nitrogens with one attached hydrogen (secondary N) is 1. The second-order valence-corrected chi connectivity index (χ2v) is 7.13. The molecule has 0 radical (unpaired) electrons. The molecule has 0 bridgehead atoms. The van der Waals surface area contributed by atoms with Gasteiger partial charge < -0.3 is 5.32 Å². The highest BCUT2D eigenvalue weighted by molar-refractivity contribution is 5.79. The molecule has 0 spiro atoms. The number of nitrogens with zero attached hydrogens (tertiary/aromatic N) is 2. The minimum Gasteiger partial charge on any atom is -0.337 e. The second-order valence-electron chi connectivity index (χ2n) is 7.13. The maximum Gasteiger partial charge on any atom is 0.235 e. The van der Waals surface area contributed by atoms with Crippen molar-refractivity contribution in [3.05, 3.63) is 71.8 Å². The molecule has 1 unspecified atom stereocenters. The van der Waals surface area contributed by atoms with Crippen molar-refractivity contribution >= 4 is 5.91 Å². The lowest BCUT2D eigenvalue weighted by Gasteiger charge is -2.29. The summed E-state index contributed by atoms with van der Waals surface area (Å²) < 4.78 is 0. The Hall–Kier alpha value is -2.64. The van der Waals surface area contributed by atoms with Gasteiger partial charge in [-0.2, -0.15) is 5.26 Å². The van der Waals surface area contributed by atoms with Gasteiger partial charge in [-0.05, 0) is 24.0 Å². The number of benzene rings is 2. The lowest BCUT2D eigenvalue weighted by atomic mass is 9.90. The molecule has 0 heterocycles. The average molecular weight is 349 g/mol. The molecule has 4 nitrogen and oxygen atoms in total. The standard InChI is InChI=1S/C22H27N3O/c1-18(2)22(3,17-23)24-21(26)16-25(14-19-10-6-4-7-11-19)15-20-12-8-5-9-13-20/h4-13,18H,14-16H2,1-3H3,(H,24,26). The number of carbonyl (C=O) groups is 1. The van der Waals surface area contributed by atoms with E-state index in [1.807, 2.05) is 50.2 Å². The van der Waals surface area contributed by atoms with Crippen LogP contribution in [0.1, 0.15) is 31.9 Å². The van der Waals surface area contributed by atoms with Crippen LogP contribution >= 0.6 is 0 Å². The van der Waals surface area contributed by atoms with E-state index in [0.717, 1.165) is 11.1 Å². The van der Waals surface area contributed by atoms with E-state index in [9.17, 15) is 10.1 Å². The van der Waals surface area contributed by atoms with Crippen LogP contribution in [-0.4, -0.2) is 22.9 Å². The molecule has 0 saturated heterocycles. The summed E-state index contributed by atoms with van der Waals surface area (Å²) in [6, 6.07) is 22.4. The third-order valence-electron chi connectivity index (χ3n) is 4.65.